The molecule has 2 aromatic rings. The third-order valence-electron chi connectivity index (χ3n) is 2.77. The van der Waals surface area contributed by atoms with Crippen molar-refractivity contribution in [3.63, 3.8) is 0 Å². The maximum Gasteiger partial charge on any atom is 0.231 e. The lowest BCUT2D eigenvalue weighted by atomic mass is 10.1. The number of hydrogen-bond donors (Lipinski definition) is 2. The maximum absolute atomic E-state index is 9.20. The molecular weight excluding hydrogens is 326 g/mol. The Balaban J connectivity index is 2.25. The molecule has 0 saturated carbocycles. The minimum absolute atomic E-state index is 0.00490. The highest BCUT2D eigenvalue weighted by atomic mass is 79.9. The van der Waals surface area contributed by atoms with Crippen molar-refractivity contribution in [2.24, 2.45) is 0 Å². The summed E-state index contributed by atoms with van der Waals surface area (Å²) in [5.74, 6) is 1.23. The van der Waals surface area contributed by atoms with E-state index >= 15 is 0 Å². The van der Waals surface area contributed by atoms with Gasteiger partial charge >= 0.3 is 0 Å². The van der Waals surface area contributed by atoms with Gasteiger partial charge in [0.2, 0.25) is 12.7 Å². The van der Waals surface area contributed by atoms with Gasteiger partial charge in [-0.05, 0) is 28.1 Å². The second-order valence-corrected chi connectivity index (χ2v) is 4.85. The SMILES string of the molecule is N#Cc1c(N)nc(N)nc1-c1cc(Br)c2c(c1)OCO2. The fraction of sp³-hybridized carbons (Fsp3) is 0.0833. The van der Waals surface area contributed by atoms with Gasteiger partial charge in [-0.25, -0.2) is 4.98 Å². The highest BCUT2D eigenvalue weighted by Crippen LogP contribution is 2.42. The minimum Gasteiger partial charge on any atom is -0.454 e. The average molecular weight is 334 g/mol. The Kier molecular flexibility index (Phi) is 2.84. The molecule has 0 atom stereocenters. The first-order chi connectivity index (χ1) is 9.60. The van der Waals surface area contributed by atoms with Crippen LogP contribution in [0, 0.1) is 11.3 Å². The number of halogens is 1. The zero-order valence-corrected chi connectivity index (χ0v) is 11.6. The third kappa shape index (κ3) is 1.88. The molecule has 0 saturated heterocycles. The first-order valence-electron chi connectivity index (χ1n) is 5.52. The number of anilines is 2. The number of fused-ring (bicyclic) bond motifs is 1. The predicted octanol–water partition coefficient (Wildman–Crippen LogP) is 1.67. The first kappa shape index (κ1) is 12.5. The molecule has 0 radical (unpaired) electrons. The van der Waals surface area contributed by atoms with E-state index in [-0.39, 0.29) is 24.1 Å². The summed E-state index contributed by atoms with van der Waals surface area (Å²) in [6, 6.07) is 5.46. The molecule has 0 fully saturated rings. The summed E-state index contributed by atoms with van der Waals surface area (Å²) in [4.78, 5) is 7.87. The number of rotatable bonds is 1. The van der Waals surface area contributed by atoms with Crippen molar-refractivity contribution in [2.75, 3.05) is 18.3 Å². The summed E-state index contributed by atoms with van der Waals surface area (Å²) in [7, 11) is 0. The molecule has 0 aliphatic carbocycles. The number of nitrogens with zero attached hydrogens (tertiary/aromatic N) is 3. The molecule has 2 heterocycles. The number of aromatic nitrogens is 2. The summed E-state index contributed by atoms with van der Waals surface area (Å²) in [6.45, 7) is 0.149. The van der Waals surface area contributed by atoms with Gasteiger partial charge in [0.1, 0.15) is 17.5 Å². The number of hydrogen-bond acceptors (Lipinski definition) is 7. The molecule has 1 aliphatic heterocycles. The summed E-state index contributed by atoms with van der Waals surface area (Å²) < 4.78 is 11.3. The van der Waals surface area contributed by atoms with Crippen molar-refractivity contribution in [3.05, 3.63) is 22.2 Å². The van der Waals surface area contributed by atoms with E-state index in [2.05, 4.69) is 25.9 Å². The maximum atomic E-state index is 9.20. The van der Waals surface area contributed by atoms with E-state index in [0.717, 1.165) is 0 Å². The van der Waals surface area contributed by atoms with Gasteiger partial charge in [0.25, 0.3) is 0 Å². The fourth-order valence-electron chi connectivity index (χ4n) is 1.92. The van der Waals surface area contributed by atoms with E-state index in [1.54, 1.807) is 12.1 Å². The Hall–Kier alpha value is -2.53. The van der Waals surface area contributed by atoms with Gasteiger partial charge in [-0.3, -0.25) is 0 Å². The smallest absolute Gasteiger partial charge is 0.231 e. The van der Waals surface area contributed by atoms with Crippen molar-refractivity contribution in [1.29, 1.82) is 5.26 Å². The van der Waals surface area contributed by atoms with E-state index in [4.69, 9.17) is 20.9 Å². The van der Waals surface area contributed by atoms with E-state index in [9.17, 15) is 5.26 Å². The van der Waals surface area contributed by atoms with Gasteiger partial charge in [0, 0.05) is 5.56 Å². The zero-order chi connectivity index (χ0) is 14.3. The standard InChI is InChI=1S/C12H8BrN5O2/c13-7-1-5(2-8-10(7)20-4-19-8)9-6(3-14)11(15)18-12(16)17-9/h1-2H,4H2,(H4,15,16,17,18). The largest absolute Gasteiger partial charge is 0.454 e. The molecule has 0 amide bonds. The number of nitrogens with two attached hydrogens (primary N) is 2. The Morgan fingerprint density at radius 3 is 2.80 bits per heavy atom. The van der Waals surface area contributed by atoms with Gasteiger partial charge in [0.15, 0.2) is 11.5 Å². The third-order valence-corrected chi connectivity index (χ3v) is 3.36. The normalized spacial score (nSPS) is 12.2. The van der Waals surface area contributed by atoms with E-state index < -0.39 is 0 Å². The van der Waals surface area contributed by atoms with Gasteiger partial charge in [0.05, 0.1) is 10.2 Å². The molecule has 1 aliphatic rings. The molecule has 20 heavy (non-hydrogen) atoms. The van der Waals surface area contributed by atoms with Crippen LogP contribution in [-0.4, -0.2) is 16.8 Å². The van der Waals surface area contributed by atoms with Crippen LogP contribution in [0.1, 0.15) is 5.56 Å². The van der Waals surface area contributed by atoms with Gasteiger partial charge < -0.3 is 20.9 Å². The molecule has 1 aromatic carbocycles. The molecule has 0 spiro atoms. The molecule has 3 rings (SSSR count). The van der Waals surface area contributed by atoms with Crippen LogP contribution < -0.4 is 20.9 Å². The number of benzene rings is 1. The fourth-order valence-corrected chi connectivity index (χ4v) is 2.48. The first-order valence-corrected chi connectivity index (χ1v) is 6.32. The molecular formula is C12H8BrN5O2. The number of ether oxygens (including phenoxy) is 2. The molecule has 0 unspecified atom stereocenters. The van der Waals surface area contributed by atoms with Crippen LogP contribution in [0.2, 0.25) is 0 Å². The summed E-state index contributed by atoms with van der Waals surface area (Å²) in [5.41, 5.74) is 12.5. The Labute approximate surface area is 122 Å². The predicted molar refractivity (Wildman–Crippen MR) is 74.8 cm³/mol. The van der Waals surface area contributed by atoms with E-state index in [1.807, 2.05) is 6.07 Å². The Morgan fingerprint density at radius 2 is 2.05 bits per heavy atom. The van der Waals surface area contributed by atoms with Gasteiger partial charge in [-0.1, -0.05) is 0 Å². The second-order valence-electron chi connectivity index (χ2n) is 3.99. The second kappa shape index (κ2) is 4.54. The Bertz CT molecular complexity index is 756. The van der Waals surface area contributed by atoms with Crippen LogP contribution in [0.5, 0.6) is 11.5 Å². The van der Waals surface area contributed by atoms with Crippen LogP contribution in [0.3, 0.4) is 0 Å². The summed E-state index contributed by atoms with van der Waals surface area (Å²) >= 11 is 3.39. The lowest BCUT2D eigenvalue weighted by molar-refractivity contribution is 0.173. The lowest BCUT2D eigenvalue weighted by Gasteiger charge is -2.08. The van der Waals surface area contributed by atoms with Crippen molar-refractivity contribution in [2.45, 2.75) is 0 Å². The highest BCUT2D eigenvalue weighted by Gasteiger charge is 2.21. The molecule has 8 heteroatoms. The van der Waals surface area contributed by atoms with E-state index in [1.165, 1.54) is 0 Å². The van der Waals surface area contributed by atoms with Crippen molar-refractivity contribution >= 4 is 27.7 Å². The molecule has 1 aromatic heterocycles. The van der Waals surface area contributed by atoms with Gasteiger partial charge in [-0.15, -0.1) is 0 Å². The van der Waals surface area contributed by atoms with Crippen molar-refractivity contribution in [3.8, 4) is 28.8 Å². The van der Waals surface area contributed by atoms with Crippen LogP contribution in [0.4, 0.5) is 11.8 Å². The summed E-state index contributed by atoms with van der Waals surface area (Å²) in [6.07, 6.45) is 0. The number of nitrogen functional groups attached to an aromatic ring is 2. The van der Waals surface area contributed by atoms with E-state index in [0.29, 0.717) is 27.2 Å². The topological polar surface area (TPSA) is 120 Å². The van der Waals surface area contributed by atoms with Gasteiger partial charge in [-0.2, -0.15) is 10.2 Å². The van der Waals surface area contributed by atoms with Crippen molar-refractivity contribution < 1.29 is 9.47 Å². The highest BCUT2D eigenvalue weighted by molar-refractivity contribution is 9.10. The van der Waals surface area contributed by atoms with Crippen LogP contribution >= 0.6 is 15.9 Å². The average Bonchev–Trinajstić information content (AvgIpc) is 2.86. The van der Waals surface area contributed by atoms with Crippen LogP contribution in [0.15, 0.2) is 16.6 Å². The van der Waals surface area contributed by atoms with Crippen LogP contribution in [0.25, 0.3) is 11.3 Å². The zero-order valence-electron chi connectivity index (χ0n) is 10.1. The molecule has 4 N–H and O–H groups in total. The quantitative estimate of drug-likeness (QED) is 0.814. The lowest BCUT2D eigenvalue weighted by Crippen LogP contribution is -2.05. The van der Waals surface area contributed by atoms with Crippen LogP contribution in [-0.2, 0) is 0 Å². The minimum atomic E-state index is 0.00490. The molecule has 100 valence electrons. The molecule has 7 nitrogen and oxygen atoms in total. The summed E-state index contributed by atoms with van der Waals surface area (Å²) in [5, 5.41) is 9.20. The van der Waals surface area contributed by atoms with Crippen molar-refractivity contribution in [1.82, 2.24) is 9.97 Å². The monoisotopic (exact) mass is 333 g/mol. The molecule has 0 bridgehead atoms. The number of nitriles is 1. The Morgan fingerprint density at radius 1 is 1.25 bits per heavy atom.